The van der Waals surface area contributed by atoms with Gasteiger partial charge in [0.05, 0.1) is 0 Å². The number of hydrogen-bond donors (Lipinski definition) is 0. The number of hydrogen-bond acceptors (Lipinski definition) is 3. The third kappa shape index (κ3) is 6.94. The van der Waals surface area contributed by atoms with E-state index < -0.39 is 8.80 Å². The molecule has 0 saturated heterocycles. The van der Waals surface area contributed by atoms with Crippen molar-refractivity contribution in [3.63, 3.8) is 0 Å². The molecular formula is C18H36O3Si. The minimum atomic E-state index is -2.66. The van der Waals surface area contributed by atoms with Crippen LogP contribution in [0.5, 0.6) is 0 Å². The zero-order valence-corrected chi connectivity index (χ0v) is 16.0. The summed E-state index contributed by atoms with van der Waals surface area (Å²) in [4.78, 5) is 0. The second kappa shape index (κ2) is 12.3. The van der Waals surface area contributed by atoms with E-state index in [0.29, 0.717) is 19.8 Å². The topological polar surface area (TPSA) is 27.7 Å². The van der Waals surface area contributed by atoms with E-state index in [1.54, 1.807) is 0 Å². The Hall–Kier alpha value is -0.163. The van der Waals surface area contributed by atoms with Crippen LogP contribution in [-0.2, 0) is 13.3 Å². The molecule has 22 heavy (non-hydrogen) atoms. The quantitative estimate of drug-likeness (QED) is 0.584. The highest BCUT2D eigenvalue weighted by molar-refractivity contribution is 6.68. The van der Waals surface area contributed by atoms with Gasteiger partial charge < -0.3 is 13.3 Å². The van der Waals surface area contributed by atoms with Crippen molar-refractivity contribution in [3.8, 4) is 0 Å². The molecule has 0 radical (unpaired) electrons. The fraction of sp³-hybridized carbons (Fsp3) is 0.889. The Bertz CT molecular complexity index is 288. The van der Waals surface area contributed by atoms with Gasteiger partial charge in [-0.15, -0.1) is 0 Å². The maximum atomic E-state index is 6.10. The van der Waals surface area contributed by atoms with E-state index in [2.05, 4.69) is 6.08 Å². The van der Waals surface area contributed by atoms with Crippen LogP contribution in [0.3, 0.4) is 0 Å². The summed E-state index contributed by atoms with van der Waals surface area (Å²) < 4.78 is 18.3. The number of rotatable bonds is 7. The molecule has 0 spiro atoms. The van der Waals surface area contributed by atoms with Crippen LogP contribution >= 0.6 is 0 Å². The third-order valence-electron chi connectivity index (χ3n) is 4.19. The highest BCUT2D eigenvalue weighted by atomic mass is 28.4. The van der Waals surface area contributed by atoms with Crippen LogP contribution in [-0.4, -0.2) is 28.6 Å². The third-order valence-corrected chi connectivity index (χ3v) is 7.43. The fourth-order valence-electron chi connectivity index (χ4n) is 3.15. The first-order valence-electron chi connectivity index (χ1n) is 9.40. The van der Waals surface area contributed by atoms with E-state index in [1.165, 1.54) is 56.6 Å². The van der Waals surface area contributed by atoms with E-state index in [-0.39, 0.29) is 0 Å². The molecule has 0 unspecified atom stereocenters. The molecule has 1 aliphatic rings. The van der Waals surface area contributed by atoms with Crippen LogP contribution in [0.4, 0.5) is 0 Å². The fourth-order valence-corrected chi connectivity index (χ4v) is 5.97. The van der Waals surface area contributed by atoms with Gasteiger partial charge in [0, 0.05) is 19.8 Å². The molecule has 0 aliphatic heterocycles. The summed E-state index contributed by atoms with van der Waals surface area (Å²) >= 11 is 0. The Balaban J connectivity index is 2.86. The second-order valence-corrected chi connectivity index (χ2v) is 8.57. The average Bonchev–Trinajstić information content (AvgIpc) is 2.48. The Morgan fingerprint density at radius 1 is 0.727 bits per heavy atom. The zero-order chi connectivity index (χ0) is 16.1. The Morgan fingerprint density at radius 2 is 1.18 bits per heavy atom. The minimum absolute atomic E-state index is 0.656. The van der Waals surface area contributed by atoms with Gasteiger partial charge >= 0.3 is 8.80 Å². The van der Waals surface area contributed by atoms with E-state index in [9.17, 15) is 0 Å². The van der Waals surface area contributed by atoms with Crippen LogP contribution in [0.25, 0.3) is 0 Å². The summed E-state index contributed by atoms with van der Waals surface area (Å²) in [6.07, 6.45) is 15.3. The van der Waals surface area contributed by atoms with Gasteiger partial charge in [0.1, 0.15) is 0 Å². The summed E-state index contributed by atoms with van der Waals surface area (Å²) in [5.74, 6) is 0. The van der Waals surface area contributed by atoms with E-state index in [1.807, 2.05) is 20.8 Å². The van der Waals surface area contributed by atoms with Gasteiger partial charge in [-0.25, -0.2) is 0 Å². The zero-order valence-electron chi connectivity index (χ0n) is 15.0. The Morgan fingerprint density at radius 3 is 1.68 bits per heavy atom. The summed E-state index contributed by atoms with van der Waals surface area (Å²) in [7, 11) is -2.66. The van der Waals surface area contributed by atoms with Crippen LogP contribution < -0.4 is 0 Å². The van der Waals surface area contributed by atoms with E-state index >= 15 is 0 Å². The highest BCUT2D eigenvalue weighted by Gasteiger charge is 2.44. The molecule has 3 nitrogen and oxygen atoms in total. The molecule has 0 heterocycles. The van der Waals surface area contributed by atoms with E-state index in [0.717, 1.165) is 12.8 Å². The summed E-state index contributed by atoms with van der Waals surface area (Å²) in [6.45, 7) is 8.08. The molecule has 0 amide bonds. The molecule has 130 valence electrons. The predicted molar refractivity (Wildman–Crippen MR) is 94.9 cm³/mol. The first-order valence-corrected chi connectivity index (χ1v) is 11.1. The average molecular weight is 329 g/mol. The molecule has 4 heteroatoms. The van der Waals surface area contributed by atoms with Crippen molar-refractivity contribution in [2.24, 2.45) is 0 Å². The van der Waals surface area contributed by atoms with Crippen molar-refractivity contribution in [2.45, 2.75) is 85.0 Å². The van der Waals surface area contributed by atoms with Gasteiger partial charge in [-0.2, -0.15) is 0 Å². The largest absolute Gasteiger partial charge is 0.532 e. The first kappa shape index (κ1) is 19.9. The minimum Gasteiger partial charge on any atom is -0.370 e. The van der Waals surface area contributed by atoms with Gasteiger partial charge in [0.2, 0.25) is 0 Å². The maximum absolute atomic E-state index is 6.10. The van der Waals surface area contributed by atoms with Gasteiger partial charge in [-0.3, -0.25) is 0 Å². The van der Waals surface area contributed by atoms with Gasteiger partial charge in [0.15, 0.2) is 0 Å². The summed E-state index contributed by atoms with van der Waals surface area (Å²) in [5, 5.41) is 1.33. The van der Waals surface area contributed by atoms with Crippen molar-refractivity contribution in [2.75, 3.05) is 19.8 Å². The normalized spacial score (nSPS) is 21.5. The van der Waals surface area contributed by atoms with Crippen LogP contribution in [0.1, 0.15) is 85.0 Å². The second-order valence-electron chi connectivity index (χ2n) is 5.95. The summed E-state index contributed by atoms with van der Waals surface area (Å²) in [5.41, 5.74) is 0. The standard InChI is InChI=1S/C18H36O3Si/c1-4-19-22(20-5-2,21-6-3)18-16-14-12-10-8-7-9-11-13-15-17-18/h16H,4-15,17H2,1-3H3/b18-16-. The van der Waals surface area contributed by atoms with E-state index in [4.69, 9.17) is 13.3 Å². The Labute approximate surface area is 138 Å². The molecule has 1 aliphatic carbocycles. The lowest BCUT2D eigenvalue weighted by molar-refractivity contribution is 0.0795. The first-order chi connectivity index (χ1) is 10.8. The monoisotopic (exact) mass is 328 g/mol. The molecule has 0 N–H and O–H groups in total. The van der Waals surface area contributed by atoms with Crippen LogP contribution in [0.2, 0.25) is 0 Å². The molecule has 0 aromatic rings. The molecule has 1 rings (SSSR count). The van der Waals surface area contributed by atoms with Crippen molar-refractivity contribution in [1.29, 1.82) is 0 Å². The lowest BCUT2D eigenvalue weighted by Crippen LogP contribution is -2.48. The predicted octanol–water partition coefficient (Wildman–Crippen LogP) is 5.42. The molecule has 0 aromatic carbocycles. The van der Waals surface area contributed by atoms with Crippen LogP contribution in [0.15, 0.2) is 11.3 Å². The van der Waals surface area contributed by atoms with Crippen molar-refractivity contribution >= 4 is 8.80 Å². The molecular weight excluding hydrogens is 292 g/mol. The smallest absolute Gasteiger partial charge is 0.370 e. The highest BCUT2D eigenvalue weighted by Crippen LogP contribution is 2.27. The van der Waals surface area contributed by atoms with Crippen molar-refractivity contribution in [1.82, 2.24) is 0 Å². The van der Waals surface area contributed by atoms with Gasteiger partial charge in [-0.05, 0) is 51.7 Å². The van der Waals surface area contributed by atoms with Gasteiger partial charge in [0.25, 0.3) is 0 Å². The number of allylic oxidation sites excluding steroid dienone is 2. The van der Waals surface area contributed by atoms with Crippen molar-refractivity contribution in [3.05, 3.63) is 11.3 Å². The molecule has 0 aromatic heterocycles. The molecule has 0 atom stereocenters. The molecule has 0 bridgehead atoms. The van der Waals surface area contributed by atoms with Gasteiger partial charge in [-0.1, -0.05) is 44.6 Å². The lowest BCUT2D eigenvalue weighted by Gasteiger charge is -2.31. The molecule has 0 saturated carbocycles. The Kier molecular flexibility index (Phi) is 11.1. The molecule has 0 fully saturated rings. The summed E-state index contributed by atoms with van der Waals surface area (Å²) in [6, 6.07) is 0. The lowest BCUT2D eigenvalue weighted by atomic mass is 10.0. The SMILES string of the molecule is CCO[Si](OCC)(OCC)/C1=C\CCCCCCCCCC1. The van der Waals surface area contributed by atoms with Crippen molar-refractivity contribution < 1.29 is 13.3 Å². The van der Waals surface area contributed by atoms with Crippen LogP contribution in [0, 0.1) is 0 Å². The maximum Gasteiger partial charge on any atom is 0.532 e.